The summed E-state index contributed by atoms with van der Waals surface area (Å²) < 4.78 is 90.7. The van der Waals surface area contributed by atoms with Gasteiger partial charge in [-0.2, -0.15) is 5.10 Å². The van der Waals surface area contributed by atoms with Crippen molar-refractivity contribution in [3.05, 3.63) is 121 Å². The van der Waals surface area contributed by atoms with Crippen LogP contribution in [0, 0.1) is 0 Å². The molecule has 1 saturated heterocycles. The van der Waals surface area contributed by atoms with Crippen molar-refractivity contribution in [1.82, 2.24) is 19.6 Å². The van der Waals surface area contributed by atoms with Crippen LogP contribution in [0.4, 0.5) is 4.39 Å². The summed E-state index contributed by atoms with van der Waals surface area (Å²) in [7, 11) is -2.34. The van der Waals surface area contributed by atoms with Crippen LogP contribution in [-0.4, -0.2) is 153 Å². The number of ether oxygens (including phenoxy) is 6. The number of hydrogen-bond donors (Lipinski definition) is 0. The van der Waals surface area contributed by atoms with E-state index in [9.17, 15) is 26.0 Å². The Bertz CT molecular complexity index is 2990. The third-order valence-corrected chi connectivity index (χ3v) is 15.9. The van der Waals surface area contributed by atoms with Crippen LogP contribution in [-0.2, 0) is 34.7 Å². The average Bonchev–Trinajstić information content (AvgIpc) is 1.54. The molecule has 1 aliphatic rings. The lowest BCUT2D eigenvalue weighted by Crippen LogP contribution is -2.52. The lowest BCUT2D eigenvalue weighted by molar-refractivity contribution is -0.00905. The van der Waals surface area contributed by atoms with Gasteiger partial charge in [-0.15, -0.1) is 11.8 Å². The number of nitrogens with zero attached hydrogens (tertiary/aromatic N) is 4. The number of alkyl halides is 1. The highest BCUT2D eigenvalue weighted by atomic mass is 32.2. The van der Waals surface area contributed by atoms with E-state index in [1.807, 2.05) is 161 Å². The van der Waals surface area contributed by atoms with Gasteiger partial charge in [-0.05, 0) is 268 Å². The summed E-state index contributed by atoms with van der Waals surface area (Å²) in [5, 5.41) is 4.10. The van der Waals surface area contributed by atoms with Crippen LogP contribution in [0.2, 0.25) is 0 Å². The lowest BCUT2D eigenvalue weighted by atomic mass is 10.1. The summed E-state index contributed by atoms with van der Waals surface area (Å²) in [6.07, 6.45) is 11.2. The first-order chi connectivity index (χ1) is 44.0. The van der Waals surface area contributed by atoms with E-state index in [2.05, 4.69) is 119 Å². The molecule has 15 nitrogen and oxygen atoms in total. The summed E-state index contributed by atoms with van der Waals surface area (Å²) in [5.41, 5.74) is 0.515. The van der Waals surface area contributed by atoms with Crippen molar-refractivity contribution >= 4 is 37.2 Å². The maximum Gasteiger partial charge on any atom is 0.175 e. The molecule has 0 amide bonds. The third-order valence-electron chi connectivity index (χ3n) is 12.5. The van der Waals surface area contributed by atoms with Gasteiger partial charge >= 0.3 is 0 Å². The monoisotopic (exact) mass is 1420 g/mol. The fourth-order valence-corrected chi connectivity index (χ4v) is 10.0. The SMILES string of the molecule is CC(C)(C)OCCF.CC(C)(C)Oc1ccc(S(C)(=O)=O)cc1.CC(C)(C)Sc1ccc(S(C)(=O)=O)cc1.CC(C)(C)n1cccn1.CCCCC(=O)c1ccc(OC(C)(C)C)cc1.CCCCOC(C)(C)C.CN1CCN(C(C)(C)C)CC1.COc1ccc(OC(C)(C)C)cc1. The van der Waals surface area contributed by atoms with Crippen LogP contribution < -0.4 is 18.9 Å². The summed E-state index contributed by atoms with van der Waals surface area (Å²) in [4.78, 5) is 18.5. The Balaban J connectivity index is 0. The first-order valence-corrected chi connectivity index (χ1v) is 38.5. The predicted octanol–water partition coefficient (Wildman–Crippen LogP) is 19.4. The maximum atomic E-state index is 11.8. The lowest BCUT2D eigenvalue weighted by Gasteiger charge is -2.41. The molecular weight excluding hydrogens is 1280 g/mol. The minimum Gasteiger partial charge on any atom is -0.497 e. The molecular formula is C78H133FN4O11S3. The Morgan fingerprint density at radius 1 is 0.505 bits per heavy atom. The van der Waals surface area contributed by atoms with Gasteiger partial charge in [0, 0.05) is 84.9 Å². The number of hydrogen-bond acceptors (Lipinski definition) is 15. The second-order valence-electron chi connectivity index (χ2n) is 31.6. The van der Waals surface area contributed by atoms with E-state index in [-0.39, 0.29) is 50.7 Å². The summed E-state index contributed by atoms with van der Waals surface area (Å²) in [6, 6.07) is 30.4. The van der Waals surface area contributed by atoms with E-state index in [0.29, 0.717) is 27.5 Å². The average molecular weight is 1420 g/mol. The molecule has 1 aliphatic heterocycles. The van der Waals surface area contributed by atoms with E-state index in [1.54, 1.807) is 61.5 Å². The number of piperazine rings is 1. The zero-order valence-electron chi connectivity index (χ0n) is 65.8. The highest BCUT2D eigenvalue weighted by molar-refractivity contribution is 8.00. The number of aromatic nitrogens is 2. The number of rotatable bonds is 16. The molecule has 1 aromatic heterocycles. The van der Waals surface area contributed by atoms with Gasteiger partial charge in [0.25, 0.3) is 0 Å². The van der Waals surface area contributed by atoms with E-state index in [1.165, 1.54) is 51.5 Å². The van der Waals surface area contributed by atoms with Gasteiger partial charge in [0.1, 0.15) is 46.5 Å². The van der Waals surface area contributed by atoms with Crippen molar-refractivity contribution in [2.24, 2.45) is 0 Å². The summed E-state index contributed by atoms with van der Waals surface area (Å²) >= 11 is 1.73. The molecule has 0 N–H and O–H groups in total. The first kappa shape index (κ1) is 94.0. The second-order valence-corrected chi connectivity index (χ2v) is 37.6. The van der Waals surface area contributed by atoms with Gasteiger partial charge in [0.15, 0.2) is 25.5 Å². The second kappa shape index (κ2) is 43.6. The molecule has 6 rings (SSSR count). The Morgan fingerprint density at radius 3 is 1.16 bits per heavy atom. The number of ketones is 1. The van der Waals surface area contributed by atoms with Crippen molar-refractivity contribution < 1.29 is 54.4 Å². The number of benzene rings is 4. The molecule has 556 valence electrons. The Hall–Kier alpha value is -5.02. The number of carbonyl (C=O) groups excluding carboxylic acids is 1. The Labute approximate surface area is 595 Å². The molecule has 2 heterocycles. The smallest absolute Gasteiger partial charge is 0.175 e. The molecule has 19 heteroatoms. The molecule has 0 atom stereocenters. The number of unbranched alkanes of at least 4 members (excludes halogenated alkanes) is 2. The van der Waals surface area contributed by atoms with Crippen molar-refractivity contribution in [1.29, 1.82) is 0 Å². The van der Waals surface area contributed by atoms with E-state index in [0.717, 1.165) is 47.2 Å². The highest BCUT2D eigenvalue weighted by Crippen LogP contribution is 2.32. The zero-order chi connectivity index (χ0) is 75.5. The number of likely N-dealkylation sites (N-methyl/N-ethyl adjacent to an activating group) is 1. The van der Waals surface area contributed by atoms with Crippen molar-refractivity contribution in [2.45, 2.75) is 271 Å². The van der Waals surface area contributed by atoms with Gasteiger partial charge < -0.3 is 33.3 Å². The standard InChI is InChI=1S/C15H22O2.C11H16O3S.C11H16O2S2.C11H16O2.C9H20N2.C8H18O.C7H12N2.C6H13FO/c1-5-6-7-14(16)12-8-10-13(11-9-12)17-15(2,3)4;2*1-11(2,3)14-9-5-7-10(8-6-9)15(4,12)13;1-11(2,3)13-10-7-5-9(12-4)6-8-10;1-9(2,3)11-7-5-10(4)6-8-11;1-5-6-7-9-8(2,3)4;1-7(2,3)9-6-4-5-8-9;1-6(2,3)8-5-4-7/h8-11H,5-7H2,1-4H3;2*5-8H,1-4H3;5-8H,1-4H3;5-8H2,1-4H3;5-7H2,1-4H3;4-6H,1-3H3;4-5H2,1-3H3. The quantitative estimate of drug-likeness (QED) is 0.0520. The summed E-state index contributed by atoms with van der Waals surface area (Å²) in [5.74, 6) is 3.42. The van der Waals surface area contributed by atoms with Crippen molar-refractivity contribution in [2.75, 3.05) is 72.7 Å². The Kier molecular flexibility index (Phi) is 42.3. The van der Waals surface area contributed by atoms with Gasteiger partial charge in [-0.3, -0.25) is 14.4 Å². The topological polar surface area (TPSA) is 165 Å². The third kappa shape index (κ3) is 52.6. The number of methoxy groups -OCH3 is 1. The summed E-state index contributed by atoms with van der Waals surface area (Å²) in [6.45, 7) is 59.4. The molecule has 5 aromatic rings. The van der Waals surface area contributed by atoms with Crippen LogP contribution in [0.15, 0.2) is 130 Å². The van der Waals surface area contributed by atoms with Crippen LogP contribution in [0.3, 0.4) is 0 Å². The predicted molar refractivity (Wildman–Crippen MR) is 407 cm³/mol. The van der Waals surface area contributed by atoms with Crippen LogP contribution in [0.5, 0.6) is 23.0 Å². The van der Waals surface area contributed by atoms with Crippen molar-refractivity contribution in [3.8, 4) is 23.0 Å². The zero-order valence-corrected chi connectivity index (χ0v) is 68.3. The van der Waals surface area contributed by atoms with E-state index in [4.69, 9.17) is 28.4 Å². The molecule has 97 heavy (non-hydrogen) atoms. The molecule has 4 aromatic carbocycles. The number of halogens is 1. The molecule has 0 spiro atoms. The van der Waals surface area contributed by atoms with Crippen LogP contribution in [0.25, 0.3) is 0 Å². The molecule has 0 saturated carbocycles. The van der Waals surface area contributed by atoms with Crippen molar-refractivity contribution in [3.63, 3.8) is 0 Å². The number of thioether (sulfide) groups is 1. The molecule has 0 radical (unpaired) electrons. The first-order valence-electron chi connectivity index (χ1n) is 33.9. The van der Waals surface area contributed by atoms with E-state index >= 15 is 0 Å². The molecule has 0 aliphatic carbocycles. The maximum absolute atomic E-state index is 11.8. The fraction of sp³-hybridized carbons (Fsp3) is 0.641. The highest BCUT2D eigenvalue weighted by Gasteiger charge is 2.24. The van der Waals surface area contributed by atoms with E-state index < -0.39 is 26.3 Å². The molecule has 0 bridgehead atoms. The Morgan fingerprint density at radius 2 is 0.876 bits per heavy atom. The number of carbonyl (C=O) groups is 1. The van der Waals surface area contributed by atoms with Crippen LogP contribution >= 0.6 is 11.8 Å². The molecule has 1 fully saturated rings. The largest absolute Gasteiger partial charge is 0.497 e. The fourth-order valence-electron chi connectivity index (χ4n) is 7.77. The molecule has 0 unspecified atom stereocenters. The van der Waals surface area contributed by atoms with Gasteiger partial charge in [0.05, 0.1) is 40.2 Å². The normalized spacial score (nSPS) is 13.3. The minimum atomic E-state index is -3.12. The van der Waals surface area contributed by atoms with Crippen LogP contribution in [0.1, 0.15) is 222 Å². The minimum absolute atomic E-state index is 0.0508. The van der Waals surface area contributed by atoms with Gasteiger partial charge in [-0.1, -0.05) is 47.5 Å². The van der Waals surface area contributed by atoms with Gasteiger partial charge in [-0.25, -0.2) is 21.2 Å². The van der Waals surface area contributed by atoms with Gasteiger partial charge in [0.2, 0.25) is 0 Å². The number of Topliss-reactive ketones (excluding diaryl/α,β-unsaturated/α-hetero) is 1. The number of sulfone groups is 2.